The largest absolute Gasteiger partial charge is 0.456 e. The third-order valence-corrected chi connectivity index (χ3v) is 11.2. The van der Waals surface area contributed by atoms with E-state index in [0.717, 1.165) is 77.3 Å². The van der Waals surface area contributed by atoms with E-state index in [0.29, 0.717) is 0 Å². The van der Waals surface area contributed by atoms with Crippen molar-refractivity contribution in [2.24, 2.45) is 0 Å². The van der Waals surface area contributed by atoms with Crippen LogP contribution < -0.4 is 4.90 Å². The Kier molecular flexibility index (Phi) is 5.83. The van der Waals surface area contributed by atoms with E-state index >= 15 is 0 Å². The van der Waals surface area contributed by atoms with Gasteiger partial charge < -0.3 is 13.7 Å². The van der Waals surface area contributed by atoms with Gasteiger partial charge in [0, 0.05) is 41.9 Å². The van der Waals surface area contributed by atoms with Crippen molar-refractivity contribution in [3.05, 3.63) is 164 Å². The lowest BCUT2D eigenvalue weighted by Crippen LogP contribution is -2.12. The van der Waals surface area contributed by atoms with E-state index < -0.39 is 0 Å². The van der Waals surface area contributed by atoms with E-state index in [1.165, 1.54) is 25.7 Å². The molecule has 0 bridgehead atoms. The van der Waals surface area contributed by atoms with Crippen LogP contribution in [0, 0.1) is 0 Å². The highest BCUT2D eigenvalue weighted by Crippen LogP contribution is 2.50. The Hall–Kier alpha value is -6.36. The lowest BCUT2D eigenvalue weighted by molar-refractivity contribution is 0.669. The molecule has 3 nitrogen and oxygen atoms in total. The Bertz CT molecular complexity index is 3130. The molecule has 0 saturated carbocycles. The fourth-order valence-corrected chi connectivity index (χ4v) is 8.95. The van der Waals surface area contributed by atoms with Crippen LogP contribution in [0.4, 0.5) is 17.1 Å². The third-order valence-electron chi connectivity index (χ3n) is 10.1. The lowest BCUT2D eigenvalue weighted by atomic mass is 9.98. The van der Waals surface area contributed by atoms with Gasteiger partial charge in [0.25, 0.3) is 0 Å². The summed E-state index contributed by atoms with van der Waals surface area (Å²) < 4.78 is 15.8. The van der Waals surface area contributed by atoms with Crippen LogP contribution in [-0.2, 0) is 0 Å². The van der Waals surface area contributed by atoms with Crippen molar-refractivity contribution < 1.29 is 8.83 Å². The van der Waals surface area contributed by atoms with Gasteiger partial charge in [0.05, 0.1) is 27.8 Å². The summed E-state index contributed by atoms with van der Waals surface area (Å²) in [6.45, 7) is 0. The predicted molar refractivity (Wildman–Crippen MR) is 212 cm³/mol. The number of para-hydroxylation sites is 2. The summed E-state index contributed by atoms with van der Waals surface area (Å²) in [5.74, 6) is 0. The number of nitrogens with zero attached hydrogens (tertiary/aromatic N) is 1. The summed E-state index contributed by atoms with van der Waals surface area (Å²) in [5, 5.41) is 9.17. The first kappa shape index (κ1) is 27.6. The monoisotopic (exact) mass is 657 g/mol. The van der Waals surface area contributed by atoms with Gasteiger partial charge in [-0.1, -0.05) is 103 Å². The summed E-state index contributed by atoms with van der Waals surface area (Å²) in [4.78, 5) is 2.42. The molecular formula is C46H27NO2S. The zero-order chi connectivity index (χ0) is 32.8. The molecule has 0 N–H and O–H groups in total. The zero-order valence-corrected chi connectivity index (χ0v) is 27.6. The minimum Gasteiger partial charge on any atom is -0.456 e. The first-order chi connectivity index (χ1) is 24.8. The Morgan fingerprint density at radius 1 is 0.400 bits per heavy atom. The maximum atomic E-state index is 6.72. The number of furan rings is 2. The van der Waals surface area contributed by atoms with Crippen molar-refractivity contribution in [2.75, 3.05) is 4.90 Å². The fourth-order valence-electron chi connectivity index (χ4n) is 7.86. The topological polar surface area (TPSA) is 29.5 Å². The number of hydrogen-bond donors (Lipinski definition) is 0. The van der Waals surface area contributed by atoms with Gasteiger partial charge in [-0.15, -0.1) is 11.3 Å². The SMILES string of the molecule is c1ccc(N(c2cccc3oc4ccccc4c23)c2cccc3oc4c5ccccc5ccc4c23)c(-c2ccc3sc4ccccc4c3c2)c1. The fraction of sp³-hybridized carbons (Fsp3) is 0. The molecule has 0 saturated heterocycles. The summed E-state index contributed by atoms with van der Waals surface area (Å²) in [7, 11) is 0. The van der Waals surface area contributed by atoms with Crippen LogP contribution in [-0.4, -0.2) is 0 Å². The van der Waals surface area contributed by atoms with Gasteiger partial charge in [-0.25, -0.2) is 0 Å². The van der Waals surface area contributed by atoms with Crippen LogP contribution in [0.2, 0.25) is 0 Å². The average molecular weight is 658 g/mol. The van der Waals surface area contributed by atoms with Gasteiger partial charge in [0.15, 0.2) is 0 Å². The molecule has 0 radical (unpaired) electrons. The average Bonchev–Trinajstić information content (AvgIpc) is 3.87. The number of hydrogen-bond acceptors (Lipinski definition) is 4. The Morgan fingerprint density at radius 2 is 1.04 bits per heavy atom. The molecule has 0 fully saturated rings. The number of thiophene rings is 1. The molecule has 50 heavy (non-hydrogen) atoms. The summed E-state index contributed by atoms with van der Waals surface area (Å²) in [6, 6.07) is 58.3. The quantitative estimate of drug-likeness (QED) is 0.189. The second-order valence-electron chi connectivity index (χ2n) is 12.8. The second-order valence-corrected chi connectivity index (χ2v) is 13.9. The molecular weight excluding hydrogens is 631 g/mol. The van der Waals surface area contributed by atoms with Gasteiger partial charge >= 0.3 is 0 Å². The third kappa shape index (κ3) is 3.97. The van der Waals surface area contributed by atoms with Gasteiger partial charge in [-0.3, -0.25) is 0 Å². The molecule has 0 aliphatic carbocycles. The molecule has 0 spiro atoms. The molecule has 4 heteroatoms. The summed E-state index contributed by atoms with van der Waals surface area (Å²) in [6.07, 6.45) is 0. The van der Waals surface area contributed by atoms with Crippen molar-refractivity contribution in [3.8, 4) is 11.1 Å². The van der Waals surface area contributed by atoms with E-state index in [4.69, 9.17) is 8.83 Å². The zero-order valence-electron chi connectivity index (χ0n) is 26.8. The van der Waals surface area contributed by atoms with Crippen LogP contribution in [0.15, 0.2) is 173 Å². The molecule has 11 rings (SSSR count). The number of anilines is 3. The van der Waals surface area contributed by atoms with Crippen LogP contribution in [0.1, 0.15) is 0 Å². The number of rotatable bonds is 4. The maximum absolute atomic E-state index is 6.72. The van der Waals surface area contributed by atoms with Gasteiger partial charge in [0.2, 0.25) is 0 Å². The maximum Gasteiger partial charge on any atom is 0.143 e. The Balaban J connectivity index is 1.25. The lowest BCUT2D eigenvalue weighted by Gasteiger charge is -2.29. The first-order valence-corrected chi connectivity index (χ1v) is 17.7. The van der Waals surface area contributed by atoms with Gasteiger partial charge in [0.1, 0.15) is 22.3 Å². The molecule has 0 aliphatic rings. The number of fused-ring (bicyclic) bond motifs is 11. The predicted octanol–water partition coefficient (Wildman–Crippen LogP) is 14.1. The normalized spacial score (nSPS) is 12.0. The molecule has 3 aromatic heterocycles. The molecule has 0 amide bonds. The van der Waals surface area contributed by atoms with Crippen LogP contribution in [0.5, 0.6) is 0 Å². The van der Waals surface area contributed by atoms with E-state index in [9.17, 15) is 0 Å². The molecule has 0 unspecified atom stereocenters. The van der Waals surface area contributed by atoms with Crippen molar-refractivity contribution in [2.45, 2.75) is 0 Å². The second kappa shape index (κ2) is 10.6. The number of benzene rings is 8. The summed E-state index contributed by atoms with van der Waals surface area (Å²) >= 11 is 1.85. The highest BCUT2D eigenvalue weighted by atomic mass is 32.1. The smallest absolute Gasteiger partial charge is 0.143 e. The van der Waals surface area contributed by atoms with E-state index in [1.54, 1.807) is 0 Å². The van der Waals surface area contributed by atoms with Crippen LogP contribution >= 0.6 is 11.3 Å². The molecule has 0 atom stereocenters. The molecule has 234 valence electrons. The molecule has 0 aliphatic heterocycles. The van der Waals surface area contributed by atoms with Crippen molar-refractivity contribution in [3.63, 3.8) is 0 Å². The first-order valence-electron chi connectivity index (χ1n) is 16.8. The van der Waals surface area contributed by atoms with Crippen LogP contribution in [0.3, 0.4) is 0 Å². The Morgan fingerprint density at radius 3 is 1.92 bits per heavy atom. The van der Waals surface area contributed by atoms with E-state index in [2.05, 4.69) is 157 Å². The van der Waals surface area contributed by atoms with Crippen LogP contribution in [0.25, 0.3) is 85.9 Å². The van der Waals surface area contributed by atoms with Crippen molar-refractivity contribution in [1.29, 1.82) is 0 Å². The molecule has 8 aromatic carbocycles. The van der Waals surface area contributed by atoms with E-state index in [-0.39, 0.29) is 0 Å². The minimum atomic E-state index is 0.853. The van der Waals surface area contributed by atoms with E-state index in [1.807, 2.05) is 23.5 Å². The molecule has 3 heterocycles. The Labute approximate surface area is 290 Å². The van der Waals surface area contributed by atoms with Crippen molar-refractivity contribution in [1.82, 2.24) is 0 Å². The standard InChI is InChI=1S/C46H27NO2S/c1-2-13-31-28(11-1)23-25-34-45-38(18-10-21-41(45)49-46(31)34)47(37-17-9-20-40-44(37)33-15-4-7-19-39(33)48-40)36-16-6-3-12-30(36)29-24-26-43-35(27-29)32-14-5-8-22-42(32)50-43/h1-27H. The summed E-state index contributed by atoms with van der Waals surface area (Å²) in [5.41, 5.74) is 8.96. The van der Waals surface area contributed by atoms with Gasteiger partial charge in [-0.05, 0) is 71.6 Å². The van der Waals surface area contributed by atoms with Gasteiger partial charge in [-0.2, -0.15) is 0 Å². The minimum absolute atomic E-state index is 0.853. The highest BCUT2D eigenvalue weighted by molar-refractivity contribution is 7.25. The van der Waals surface area contributed by atoms with Crippen molar-refractivity contribution >= 4 is 103 Å². The highest BCUT2D eigenvalue weighted by Gasteiger charge is 2.25. The molecule has 11 aromatic rings.